The molecule has 4 heterocycles. The number of H-pyrrole nitrogens is 1. The predicted octanol–water partition coefficient (Wildman–Crippen LogP) is 0.684. The van der Waals surface area contributed by atoms with Gasteiger partial charge in [0.15, 0.2) is 5.72 Å². The standard InChI is InChI=1S/C19H18N4O4/c24-16-8-15-19(23(16)14(10-27-19)12-4-2-1-3-5-12)6-7-22(15)18(26)13-9-20-11-21-17(13)25/h1-5,9,11,14-15H,6-8,10H2,(H,20,21,25)/t14-,15+,19-/m0/s1. The molecule has 0 bridgehead atoms. The number of aromatic amines is 1. The zero-order valence-corrected chi connectivity index (χ0v) is 14.5. The lowest BCUT2D eigenvalue weighted by Gasteiger charge is -2.33. The maximum atomic E-state index is 12.9. The van der Waals surface area contributed by atoms with Crippen LogP contribution in [-0.4, -0.2) is 56.5 Å². The van der Waals surface area contributed by atoms with Crippen molar-refractivity contribution >= 4 is 11.8 Å². The van der Waals surface area contributed by atoms with E-state index in [1.54, 1.807) is 4.90 Å². The van der Waals surface area contributed by atoms with E-state index in [9.17, 15) is 14.4 Å². The number of carbonyl (C=O) groups excluding carboxylic acids is 2. The number of benzene rings is 1. The predicted molar refractivity (Wildman–Crippen MR) is 93.6 cm³/mol. The Bertz CT molecular complexity index is 975. The molecule has 1 aromatic heterocycles. The molecule has 3 aliphatic heterocycles. The molecule has 138 valence electrons. The summed E-state index contributed by atoms with van der Waals surface area (Å²) in [4.78, 5) is 47.4. The molecule has 2 amide bonds. The zero-order valence-electron chi connectivity index (χ0n) is 14.5. The van der Waals surface area contributed by atoms with Gasteiger partial charge in [-0.2, -0.15) is 0 Å². The Kier molecular flexibility index (Phi) is 3.45. The van der Waals surface area contributed by atoms with Gasteiger partial charge in [0.1, 0.15) is 5.56 Å². The van der Waals surface area contributed by atoms with E-state index in [1.807, 2.05) is 35.2 Å². The molecule has 8 heteroatoms. The van der Waals surface area contributed by atoms with Crippen LogP contribution in [0.25, 0.3) is 0 Å². The molecule has 3 fully saturated rings. The Morgan fingerprint density at radius 1 is 1.26 bits per heavy atom. The fraction of sp³-hybridized carbons (Fsp3) is 0.368. The van der Waals surface area contributed by atoms with Gasteiger partial charge in [-0.05, 0) is 5.56 Å². The van der Waals surface area contributed by atoms with Crippen LogP contribution >= 0.6 is 0 Å². The highest BCUT2D eigenvalue weighted by atomic mass is 16.5. The van der Waals surface area contributed by atoms with Gasteiger partial charge in [-0.15, -0.1) is 0 Å². The molecule has 1 aromatic carbocycles. The van der Waals surface area contributed by atoms with E-state index in [1.165, 1.54) is 12.5 Å². The summed E-state index contributed by atoms with van der Waals surface area (Å²) in [6.45, 7) is 0.838. The van der Waals surface area contributed by atoms with E-state index in [0.717, 1.165) is 5.56 Å². The van der Waals surface area contributed by atoms with Crippen LogP contribution < -0.4 is 5.56 Å². The van der Waals surface area contributed by atoms with Crippen molar-refractivity contribution in [3.63, 3.8) is 0 Å². The number of carbonyl (C=O) groups is 2. The average molecular weight is 366 g/mol. The Balaban J connectivity index is 1.49. The maximum Gasteiger partial charge on any atom is 0.263 e. The lowest BCUT2D eigenvalue weighted by atomic mass is 10.0. The van der Waals surface area contributed by atoms with Crippen molar-refractivity contribution in [1.82, 2.24) is 19.8 Å². The number of hydrogen-bond acceptors (Lipinski definition) is 5. The summed E-state index contributed by atoms with van der Waals surface area (Å²) >= 11 is 0. The van der Waals surface area contributed by atoms with Crippen molar-refractivity contribution in [2.24, 2.45) is 0 Å². The molecule has 1 N–H and O–H groups in total. The van der Waals surface area contributed by atoms with Gasteiger partial charge in [0.2, 0.25) is 5.91 Å². The highest BCUT2D eigenvalue weighted by Crippen LogP contribution is 2.51. The van der Waals surface area contributed by atoms with Crippen molar-refractivity contribution in [3.8, 4) is 0 Å². The fourth-order valence-electron chi connectivity index (χ4n) is 4.66. The molecular weight excluding hydrogens is 348 g/mol. The van der Waals surface area contributed by atoms with Gasteiger partial charge in [-0.3, -0.25) is 14.4 Å². The molecule has 1 spiro atoms. The van der Waals surface area contributed by atoms with E-state index in [-0.39, 0.29) is 23.9 Å². The van der Waals surface area contributed by atoms with E-state index < -0.39 is 23.2 Å². The third-order valence-corrected chi connectivity index (χ3v) is 5.85. The molecule has 3 aliphatic rings. The van der Waals surface area contributed by atoms with Gasteiger partial charge in [0, 0.05) is 19.2 Å². The summed E-state index contributed by atoms with van der Waals surface area (Å²) in [7, 11) is 0. The summed E-state index contributed by atoms with van der Waals surface area (Å²) in [6.07, 6.45) is 3.25. The van der Waals surface area contributed by atoms with E-state index in [2.05, 4.69) is 9.97 Å². The molecule has 3 saturated heterocycles. The van der Waals surface area contributed by atoms with Gasteiger partial charge < -0.3 is 19.5 Å². The summed E-state index contributed by atoms with van der Waals surface area (Å²) in [6, 6.07) is 9.24. The normalized spacial score (nSPS) is 29.1. The van der Waals surface area contributed by atoms with Gasteiger partial charge in [0.25, 0.3) is 11.5 Å². The number of nitrogens with zero attached hydrogens (tertiary/aromatic N) is 3. The number of aromatic nitrogens is 2. The van der Waals surface area contributed by atoms with Crippen molar-refractivity contribution in [3.05, 3.63) is 64.3 Å². The summed E-state index contributed by atoms with van der Waals surface area (Å²) in [5, 5.41) is 0. The molecule has 0 radical (unpaired) electrons. The SMILES string of the molecule is O=C(c1cnc[nH]c1=O)N1CC[C@@]23OC[C@@H](c4ccccc4)N2C(=O)C[C@@H]13. The van der Waals surface area contributed by atoms with Crippen LogP contribution in [-0.2, 0) is 9.53 Å². The number of amides is 2. The summed E-state index contributed by atoms with van der Waals surface area (Å²) in [5.74, 6) is -0.434. The molecule has 8 nitrogen and oxygen atoms in total. The quantitative estimate of drug-likeness (QED) is 0.843. The molecule has 0 unspecified atom stereocenters. The van der Waals surface area contributed by atoms with Gasteiger partial charge in [-0.1, -0.05) is 30.3 Å². The van der Waals surface area contributed by atoms with Crippen LogP contribution in [0.15, 0.2) is 47.7 Å². The van der Waals surface area contributed by atoms with Crippen LogP contribution in [0.1, 0.15) is 34.8 Å². The number of hydrogen-bond donors (Lipinski definition) is 1. The Hall–Kier alpha value is -3.00. The van der Waals surface area contributed by atoms with Crippen molar-refractivity contribution in [2.45, 2.75) is 30.7 Å². The first-order valence-electron chi connectivity index (χ1n) is 8.96. The van der Waals surface area contributed by atoms with Crippen LogP contribution in [0.4, 0.5) is 0 Å². The molecule has 2 aromatic rings. The first kappa shape index (κ1) is 16.2. The minimum Gasteiger partial charge on any atom is -0.351 e. The van der Waals surface area contributed by atoms with E-state index in [4.69, 9.17) is 4.74 Å². The monoisotopic (exact) mass is 366 g/mol. The summed E-state index contributed by atoms with van der Waals surface area (Å²) < 4.78 is 6.18. The van der Waals surface area contributed by atoms with Crippen molar-refractivity contribution in [1.29, 1.82) is 0 Å². The second-order valence-electron chi connectivity index (χ2n) is 7.11. The smallest absolute Gasteiger partial charge is 0.263 e. The number of rotatable bonds is 2. The minimum absolute atomic E-state index is 0.0157. The molecule has 3 atom stereocenters. The molecule has 0 saturated carbocycles. The second-order valence-corrected chi connectivity index (χ2v) is 7.11. The van der Waals surface area contributed by atoms with Crippen molar-refractivity contribution < 1.29 is 14.3 Å². The Labute approximate surface area is 154 Å². The third-order valence-electron chi connectivity index (χ3n) is 5.85. The number of ether oxygens (including phenoxy) is 1. The average Bonchev–Trinajstić information content (AvgIpc) is 3.31. The van der Waals surface area contributed by atoms with Crippen LogP contribution in [0, 0.1) is 0 Å². The van der Waals surface area contributed by atoms with Crippen molar-refractivity contribution in [2.75, 3.05) is 13.2 Å². The van der Waals surface area contributed by atoms with Crippen LogP contribution in [0.2, 0.25) is 0 Å². The maximum absolute atomic E-state index is 12.9. The molecule has 0 aliphatic carbocycles. The number of nitrogens with one attached hydrogen (secondary N) is 1. The van der Waals surface area contributed by atoms with Gasteiger partial charge in [0.05, 0.1) is 31.4 Å². The second kappa shape index (κ2) is 5.75. The van der Waals surface area contributed by atoms with Crippen LogP contribution in [0.3, 0.4) is 0 Å². The Morgan fingerprint density at radius 3 is 2.85 bits per heavy atom. The topological polar surface area (TPSA) is 95.6 Å². The fourth-order valence-corrected chi connectivity index (χ4v) is 4.66. The number of likely N-dealkylation sites (tertiary alicyclic amines) is 1. The lowest BCUT2D eigenvalue weighted by Crippen LogP contribution is -2.49. The molecular formula is C19H18N4O4. The highest BCUT2D eigenvalue weighted by Gasteiger charge is 2.65. The first-order valence-corrected chi connectivity index (χ1v) is 8.96. The van der Waals surface area contributed by atoms with Gasteiger partial charge in [-0.25, -0.2) is 4.98 Å². The molecule has 5 rings (SSSR count). The van der Waals surface area contributed by atoms with E-state index in [0.29, 0.717) is 19.6 Å². The first-order chi connectivity index (χ1) is 13.1. The van der Waals surface area contributed by atoms with Crippen LogP contribution in [0.5, 0.6) is 0 Å². The third kappa shape index (κ3) is 2.19. The molecule has 27 heavy (non-hydrogen) atoms. The van der Waals surface area contributed by atoms with E-state index >= 15 is 0 Å². The largest absolute Gasteiger partial charge is 0.351 e. The minimum atomic E-state index is -0.803. The highest BCUT2D eigenvalue weighted by molar-refractivity contribution is 5.95. The lowest BCUT2D eigenvalue weighted by molar-refractivity contribution is -0.138. The summed E-state index contributed by atoms with van der Waals surface area (Å²) in [5.41, 5.74) is -0.274. The van der Waals surface area contributed by atoms with Gasteiger partial charge >= 0.3 is 0 Å². The zero-order chi connectivity index (χ0) is 18.6. The Morgan fingerprint density at radius 2 is 2.07 bits per heavy atom.